The summed E-state index contributed by atoms with van der Waals surface area (Å²) in [5, 5.41) is 8.12. The fourth-order valence-electron chi connectivity index (χ4n) is 3.77. The lowest BCUT2D eigenvalue weighted by atomic mass is 10.1. The number of hydrogen-bond donors (Lipinski definition) is 1. The summed E-state index contributed by atoms with van der Waals surface area (Å²) in [5.74, 6) is -2.72. The number of aliphatic carboxylic acids is 1. The molecule has 1 saturated carbocycles. The normalized spacial score (nSPS) is 23.5. The molecule has 0 unspecified atom stereocenters. The smallest absolute Gasteiger partial charge is 0.475 e. The van der Waals surface area contributed by atoms with Crippen molar-refractivity contribution < 1.29 is 37.3 Å². The highest BCUT2D eigenvalue weighted by Crippen LogP contribution is 2.32. The van der Waals surface area contributed by atoms with E-state index >= 15 is 0 Å². The molecule has 0 bridgehead atoms. The predicted molar refractivity (Wildman–Crippen MR) is 100 cm³/mol. The number of methoxy groups -OCH3 is 1. The fraction of sp³-hybridized carbons (Fsp3) is 0.450. The molecule has 30 heavy (non-hydrogen) atoms. The molecule has 162 valence electrons. The molecule has 1 amide bonds. The molecule has 1 aliphatic carbocycles. The summed E-state index contributed by atoms with van der Waals surface area (Å²) in [6.45, 7) is 1.19. The van der Waals surface area contributed by atoms with E-state index in [4.69, 9.17) is 19.4 Å². The minimum atomic E-state index is -5.08. The van der Waals surface area contributed by atoms with Crippen LogP contribution in [0, 0.1) is 0 Å². The SMILES string of the molecule is CO[C@@H]1CC[C@H]2[C@H]1OCCN2C(=O)c1cnc2ccccc2c1.O=C(O)C(F)(F)F. The number of carbonyl (C=O) groups excluding carboxylic acids is 1. The molecule has 0 radical (unpaired) electrons. The van der Waals surface area contributed by atoms with Gasteiger partial charge in [-0.3, -0.25) is 9.78 Å². The van der Waals surface area contributed by atoms with Crippen LogP contribution in [0.3, 0.4) is 0 Å². The Kier molecular flexibility index (Phi) is 6.57. The Morgan fingerprint density at radius 2 is 1.97 bits per heavy atom. The molecule has 0 spiro atoms. The molecule has 2 aromatic rings. The number of nitrogens with zero attached hydrogens (tertiary/aromatic N) is 2. The number of carboxylic acid groups (broad SMARTS) is 1. The summed E-state index contributed by atoms with van der Waals surface area (Å²) in [4.78, 5) is 28.2. The molecule has 2 heterocycles. The lowest BCUT2D eigenvalue weighted by molar-refractivity contribution is -0.192. The van der Waals surface area contributed by atoms with Crippen molar-refractivity contribution in [3.8, 4) is 0 Å². The van der Waals surface area contributed by atoms with E-state index in [-0.39, 0.29) is 24.2 Å². The number of carboxylic acids is 1. The van der Waals surface area contributed by atoms with E-state index in [0.717, 1.165) is 23.7 Å². The number of halogens is 3. The minimum Gasteiger partial charge on any atom is -0.475 e. The predicted octanol–water partition coefficient (Wildman–Crippen LogP) is 2.89. The zero-order chi connectivity index (χ0) is 21.9. The lowest BCUT2D eigenvalue weighted by Gasteiger charge is -2.38. The van der Waals surface area contributed by atoms with Gasteiger partial charge in [0.15, 0.2) is 0 Å². The number of rotatable bonds is 2. The van der Waals surface area contributed by atoms with Gasteiger partial charge in [0, 0.05) is 25.2 Å². The second kappa shape index (κ2) is 8.97. The minimum absolute atomic E-state index is 0.00823. The van der Waals surface area contributed by atoms with Crippen molar-refractivity contribution in [1.82, 2.24) is 9.88 Å². The molecular weight excluding hydrogens is 405 g/mol. The zero-order valence-corrected chi connectivity index (χ0v) is 16.1. The molecule has 1 N–H and O–H groups in total. The van der Waals surface area contributed by atoms with E-state index in [2.05, 4.69) is 4.98 Å². The van der Waals surface area contributed by atoms with Crippen molar-refractivity contribution in [2.24, 2.45) is 0 Å². The highest BCUT2D eigenvalue weighted by atomic mass is 19.4. The average Bonchev–Trinajstić information content (AvgIpc) is 3.16. The van der Waals surface area contributed by atoms with E-state index < -0.39 is 12.1 Å². The highest BCUT2D eigenvalue weighted by molar-refractivity contribution is 5.97. The van der Waals surface area contributed by atoms with Crippen LogP contribution in [0.1, 0.15) is 23.2 Å². The number of aromatic nitrogens is 1. The fourth-order valence-corrected chi connectivity index (χ4v) is 3.77. The van der Waals surface area contributed by atoms with Gasteiger partial charge >= 0.3 is 12.1 Å². The van der Waals surface area contributed by atoms with Gasteiger partial charge < -0.3 is 19.5 Å². The van der Waals surface area contributed by atoms with Crippen LogP contribution in [-0.4, -0.2) is 71.6 Å². The van der Waals surface area contributed by atoms with Crippen LogP contribution in [0.5, 0.6) is 0 Å². The Morgan fingerprint density at radius 1 is 1.27 bits per heavy atom. The van der Waals surface area contributed by atoms with Crippen LogP contribution in [0.4, 0.5) is 13.2 Å². The number of benzene rings is 1. The van der Waals surface area contributed by atoms with Gasteiger partial charge in [-0.05, 0) is 25.0 Å². The molecule has 2 aliphatic rings. The summed E-state index contributed by atoms with van der Waals surface area (Å²) in [5.41, 5.74) is 1.55. The van der Waals surface area contributed by atoms with Crippen LogP contribution >= 0.6 is 0 Å². The first-order chi connectivity index (χ1) is 14.2. The Hall–Kier alpha value is -2.72. The van der Waals surface area contributed by atoms with Crippen LogP contribution < -0.4 is 0 Å². The Balaban J connectivity index is 0.000000318. The summed E-state index contributed by atoms with van der Waals surface area (Å²) >= 11 is 0. The quantitative estimate of drug-likeness (QED) is 0.795. The summed E-state index contributed by atoms with van der Waals surface area (Å²) in [6, 6.07) is 9.88. The highest BCUT2D eigenvalue weighted by Gasteiger charge is 2.44. The number of fused-ring (bicyclic) bond motifs is 2. The molecule has 3 atom stereocenters. The maximum Gasteiger partial charge on any atom is 0.490 e. The van der Waals surface area contributed by atoms with Gasteiger partial charge in [0.25, 0.3) is 5.91 Å². The first-order valence-electron chi connectivity index (χ1n) is 9.32. The number of alkyl halides is 3. The molecular formula is C20H21F3N2O5. The molecule has 1 aliphatic heterocycles. The van der Waals surface area contributed by atoms with Crippen LogP contribution in [0.2, 0.25) is 0 Å². The molecule has 1 aromatic carbocycles. The topological polar surface area (TPSA) is 89.0 Å². The van der Waals surface area contributed by atoms with Gasteiger partial charge in [-0.1, -0.05) is 18.2 Å². The molecule has 1 saturated heterocycles. The van der Waals surface area contributed by atoms with E-state index in [9.17, 15) is 18.0 Å². The van der Waals surface area contributed by atoms with Gasteiger partial charge in [-0.25, -0.2) is 4.79 Å². The Bertz CT molecular complexity index is 921. The summed E-state index contributed by atoms with van der Waals surface area (Å²) in [6.07, 6.45) is -1.46. The number of pyridine rings is 1. The first-order valence-corrected chi connectivity index (χ1v) is 9.32. The van der Waals surface area contributed by atoms with Gasteiger partial charge in [-0.15, -0.1) is 0 Å². The van der Waals surface area contributed by atoms with Crippen molar-refractivity contribution in [2.75, 3.05) is 20.3 Å². The van der Waals surface area contributed by atoms with Gasteiger partial charge in [0.1, 0.15) is 6.10 Å². The summed E-state index contributed by atoms with van der Waals surface area (Å²) < 4.78 is 43.1. The zero-order valence-electron chi connectivity index (χ0n) is 16.1. The van der Waals surface area contributed by atoms with Gasteiger partial charge in [0.05, 0.1) is 29.8 Å². The molecule has 4 rings (SSSR count). The van der Waals surface area contributed by atoms with Crippen molar-refractivity contribution in [1.29, 1.82) is 0 Å². The summed E-state index contributed by atoms with van der Waals surface area (Å²) in [7, 11) is 1.71. The van der Waals surface area contributed by atoms with E-state index in [0.29, 0.717) is 18.7 Å². The maximum atomic E-state index is 13.0. The molecule has 10 heteroatoms. The molecule has 2 fully saturated rings. The Labute approximate surface area is 170 Å². The van der Waals surface area contributed by atoms with Gasteiger partial charge in [0.2, 0.25) is 0 Å². The lowest BCUT2D eigenvalue weighted by Crippen LogP contribution is -2.53. The third-order valence-electron chi connectivity index (χ3n) is 5.18. The molecule has 7 nitrogen and oxygen atoms in total. The maximum absolute atomic E-state index is 13.0. The third-order valence-corrected chi connectivity index (χ3v) is 5.18. The largest absolute Gasteiger partial charge is 0.490 e. The van der Waals surface area contributed by atoms with Crippen molar-refractivity contribution >= 4 is 22.8 Å². The monoisotopic (exact) mass is 426 g/mol. The second-order valence-electron chi connectivity index (χ2n) is 6.97. The van der Waals surface area contributed by atoms with Crippen LogP contribution in [-0.2, 0) is 14.3 Å². The number of hydrogen-bond acceptors (Lipinski definition) is 5. The molecule has 1 aromatic heterocycles. The average molecular weight is 426 g/mol. The second-order valence-corrected chi connectivity index (χ2v) is 6.97. The van der Waals surface area contributed by atoms with Crippen molar-refractivity contribution in [2.45, 2.75) is 37.3 Å². The van der Waals surface area contributed by atoms with Crippen molar-refractivity contribution in [3.05, 3.63) is 42.1 Å². The van der Waals surface area contributed by atoms with E-state index in [1.807, 2.05) is 35.2 Å². The Morgan fingerprint density at radius 3 is 2.63 bits per heavy atom. The third kappa shape index (κ3) is 4.71. The van der Waals surface area contributed by atoms with Crippen molar-refractivity contribution in [3.63, 3.8) is 0 Å². The number of para-hydroxylation sites is 1. The number of morpholine rings is 1. The standard InChI is InChI=1S/C18H20N2O3.C2HF3O2/c1-22-16-7-6-15-17(16)23-9-8-20(15)18(21)13-10-12-4-2-3-5-14(12)19-11-13;3-2(4,5)1(6)7/h2-5,10-11,15-17H,6-9H2,1H3;(H,6,7)/t15-,16+,17+;/m0./s1. The van der Waals surface area contributed by atoms with Gasteiger partial charge in [-0.2, -0.15) is 13.2 Å². The number of carbonyl (C=O) groups is 2. The number of amides is 1. The van der Waals surface area contributed by atoms with E-state index in [1.165, 1.54) is 0 Å². The first kappa shape index (κ1) is 22.0. The number of ether oxygens (including phenoxy) is 2. The van der Waals surface area contributed by atoms with Crippen LogP contribution in [0.15, 0.2) is 36.5 Å². The van der Waals surface area contributed by atoms with E-state index in [1.54, 1.807) is 13.3 Å². The van der Waals surface area contributed by atoms with Crippen LogP contribution in [0.25, 0.3) is 10.9 Å².